The monoisotopic (exact) mass is 274 g/mol. The van der Waals surface area contributed by atoms with E-state index in [2.05, 4.69) is 45.1 Å². The van der Waals surface area contributed by atoms with Gasteiger partial charge in [-0.25, -0.2) is 9.67 Å². The molecule has 0 aromatic carbocycles. The molecule has 3 heterocycles. The lowest BCUT2D eigenvalue weighted by Gasteiger charge is -2.23. The van der Waals surface area contributed by atoms with E-state index in [-0.39, 0.29) is 0 Å². The van der Waals surface area contributed by atoms with Gasteiger partial charge in [0, 0.05) is 12.7 Å². The molecule has 0 aliphatic carbocycles. The van der Waals surface area contributed by atoms with Crippen molar-refractivity contribution >= 4 is 0 Å². The zero-order chi connectivity index (χ0) is 13.9. The van der Waals surface area contributed by atoms with Crippen molar-refractivity contribution in [2.75, 3.05) is 6.54 Å². The molecule has 0 amide bonds. The zero-order valence-corrected chi connectivity index (χ0v) is 12.2. The minimum Gasteiger partial charge on any atom is -0.287 e. The maximum atomic E-state index is 4.43. The Labute approximate surface area is 119 Å². The third-order valence-electron chi connectivity index (χ3n) is 3.82. The first-order valence-corrected chi connectivity index (χ1v) is 7.34. The maximum absolute atomic E-state index is 4.43. The molecule has 2 aromatic heterocycles. The Hall–Kier alpha value is -1.69. The van der Waals surface area contributed by atoms with Crippen LogP contribution in [-0.2, 0) is 13.1 Å². The Morgan fingerprint density at radius 1 is 1.45 bits per heavy atom. The zero-order valence-electron chi connectivity index (χ0n) is 12.2. The molecular weight excluding hydrogens is 252 g/mol. The lowest BCUT2D eigenvalue weighted by atomic mass is 10.1. The maximum Gasteiger partial charge on any atom is 0.141 e. The minimum absolute atomic E-state index is 0.432. The van der Waals surface area contributed by atoms with Crippen molar-refractivity contribution in [3.8, 4) is 0 Å². The van der Waals surface area contributed by atoms with Gasteiger partial charge < -0.3 is 0 Å². The van der Waals surface area contributed by atoms with Crippen molar-refractivity contribution in [1.29, 1.82) is 0 Å². The number of aromatic nitrogens is 5. The molecule has 2 aromatic rings. The van der Waals surface area contributed by atoms with E-state index >= 15 is 0 Å². The largest absolute Gasteiger partial charge is 0.287 e. The quantitative estimate of drug-likeness (QED) is 0.905. The highest BCUT2D eigenvalue weighted by atomic mass is 15.4. The van der Waals surface area contributed by atoms with Gasteiger partial charge in [-0.1, -0.05) is 13.8 Å². The Kier molecular flexibility index (Phi) is 3.82. The molecule has 0 bridgehead atoms. The summed E-state index contributed by atoms with van der Waals surface area (Å²) in [6.07, 6.45) is 5.90. The lowest BCUT2D eigenvalue weighted by molar-refractivity contribution is 0.231. The highest BCUT2D eigenvalue weighted by Crippen LogP contribution is 2.31. The fourth-order valence-electron chi connectivity index (χ4n) is 2.91. The molecule has 1 N–H and O–H groups in total. The molecule has 1 aliphatic rings. The van der Waals surface area contributed by atoms with Crippen LogP contribution >= 0.6 is 0 Å². The van der Waals surface area contributed by atoms with Gasteiger partial charge in [-0.15, -0.1) is 0 Å². The second-order valence-corrected chi connectivity index (χ2v) is 5.89. The summed E-state index contributed by atoms with van der Waals surface area (Å²) < 4.78 is 2.03. The molecule has 1 atom stereocenters. The van der Waals surface area contributed by atoms with Crippen LogP contribution in [-0.4, -0.2) is 36.4 Å². The molecular formula is C14H22N6. The number of H-pyrrole nitrogens is 1. The van der Waals surface area contributed by atoms with Crippen molar-refractivity contribution in [3.63, 3.8) is 0 Å². The molecule has 3 rings (SSSR count). The SMILES string of the molecule is CC(C)Cn1ncnc1CN1CCCC1c1ccn[nH]1. The van der Waals surface area contributed by atoms with Crippen LogP contribution in [0.15, 0.2) is 18.6 Å². The molecule has 1 unspecified atom stereocenters. The van der Waals surface area contributed by atoms with Gasteiger partial charge in [-0.05, 0) is 31.4 Å². The number of aromatic amines is 1. The van der Waals surface area contributed by atoms with Crippen LogP contribution < -0.4 is 0 Å². The smallest absolute Gasteiger partial charge is 0.141 e. The Balaban J connectivity index is 1.72. The number of rotatable bonds is 5. The Morgan fingerprint density at radius 2 is 2.35 bits per heavy atom. The van der Waals surface area contributed by atoms with Crippen molar-refractivity contribution in [3.05, 3.63) is 30.1 Å². The highest BCUT2D eigenvalue weighted by molar-refractivity contribution is 5.07. The number of nitrogens with one attached hydrogen (secondary N) is 1. The Morgan fingerprint density at radius 3 is 3.10 bits per heavy atom. The normalized spacial score (nSPS) is 20.1. The number of nitrogens with zero attached hydrogens (tertiary/aromatic N) is 5. The van der Waals surface area contributed by atoms with Gasteiger partial charge in [0.25, 0.3) is 0 Å². The molecule has 1 fully saturated rings. The average molecular weight is 274 g/mol. The second-order valence-electron chi connectivity index (χ2n) is 5.89. The summed E-state index contributed by atoms with van der Waals surface area (Å²) in [6.45, 7) is 7.30. The molecule has 1 saturated heterocycles. The van der Waals surface area contributed by atoms with Crippen molar-refractivity contribution in [2.24, 2.45) is 5.92 Å². The van der Waals surface area contributed by atoms with Crippen LogP contribution in [0.2, 0.25) is 0 Å². The first-order valence-electron chi connectivity index (χ1n) is 7.34. The van der Waals surface area contributed by atoms with Crippen LogP contribution in [0, 0.1) is 5.92 Å². The predicted octanol–water partition coefficient (Wildman–Crippen LogP) is 1.99. The molecule has 0 radical (unpaired) electrons. The first kappa shape index (κ1) is 13.3. The van der Waals surface area contributed by atoms with Gasteiger partial charge >= 0.3 is 0 Å². The van der Waals surface area contributed by atoms with E-state index in [0.717, 1.165) is 25.5 Å². The molecule has 108 valence electrons. The van der Waals surface area contributed by atoms with Crippen molar-refractivity contribution in [2.45, 2.75) is 45.8 Å². The molecule has 0 spiro atoms. The number of hydrogen-bond donors (Lipinski definition) is 1. The number of likely N-dealkylation sites (tertiary alicyclic amines) is 1. The van der Waals surface area contributed by atoms with Crippen LogP contribution in [0.3, 0.4) is 0 Å². The van der Waals surface area contributed by atoms with E-state index in [1.54, 1.807) is 6.33 Å². The van der Waals surface area contributed by atoms with E-state index in [1.807, 2.05) is 10.9 Å². The predicted molar refractivity (Wildman–Crippen MR) is 75.8 cm³/mol. The summed E-state index contributed by atoms with van der Waals surface area (Å²) in [5.41, 5.74) is 1.21. The summed E-state index contributed by atoms with van der Waals surface area (Å²) in [6, 6.07) is 2.50. The van der Waals surface area contributed by atoms with Gasteiger partial charge in [0.2, 0.25) is 0 Å². The summed E-state index contributed by atoms with van der Waals surface area (Å²) in [5.74, 6) is 1.64. The fourth-order valence-corrected chi connectivity index (χ4v) is 2.91. The van der Waals surface area contributed by atoms with Crippen molar-refractivity contribution < 1.29 is 0 Å². The van der Waals surface area contributed by atoms with Crippen LogP contribution in [0.1, 0.15) is 44.2 Å². The lowest BCUT2D eigenvalue weighted by Crippen LogP contribution is -2.25. The van der Waals surface area contributed by atoms with E-state index in [0.29, 0.717) is 12.0 Å². The van der Waals surface area contributed by atoms with Gasteiger partial charge in [0.15, 0.2) is 0 Å². The van der Waals surface area contributed by atoms with Gasteiger partial charge in [0.05, 0.1) is 18.3 Å². The van der Waals surface area contributed by atoms with E-state index in [4.69, 9.17) is 0 Å². The van der Waals surface area contributed by atoms with E-state index in [9.17, 15) is 0 Å². The summed E-state index contributed by atoms with van der Waals surface area (Å²) >= 11 is 0. The van der Waals surface area contributed by atoms with Crippen LogP contribution in [0.25, 0.3) is 0 Å². The fraction of sp³-hybridized carbons (Fsp3) is 0.643. The molecule has 6 nitrogen and oxygen atoms in total. The topological polar surface area (TPSA) is 62.6 Å². The van der Waals surface area contributed by atoms with Crippen LogP contribution in [0.4, 0.5) is 0 Å². The first-order chi connectivity index (χ1) is 9.74. The molecule has 1 aliphatic heterocycles. The van der Waals surface area contributed by atoms with Gasteiger partial charge in [-0.2, -0.15) is 10.2 Å². The van der Waals surface area contributed by atoms with Gasteiger partial charge in [-0.3, -0.25) is 10.00 Å². The average Bonchev–Trinajstić information content (AvgIpc) is 3.11. The standard InChI is InChI=1S/C14H22N6/c1-11(2)8-20-14(15-10-17-20)9-19-7-3-4-13(19)12-5-6-16-18-12/h5-6,10-11,13H,3-4,7-9H2,1-2H3,(H,16,18). The second kappa shape index (κ2) is 5.75. The summed E-state index contributed by atoms with van der Waals surface area (Å²) in [7, 11) is 0. The minimum atomic E-state index is 0.432. The van der Waals surface area contributed by atoms with E-state index in [1.165, 1.54) is 18.5 Å². The van der Waals surface area contributed by atoms with Gasteiger partial charge in [0.1, 0.15) is 12.2 Å². The molecule has 0 saturated carbocycles. The summed E-state index contributed by atoms with van der Waals surface area (Å²) in [5, 5.41) is 11.5. The third kappa shape index (κ3) is 2.75. The summed E-state index contributed by atoms with van der Waals surface area (Å²) in [4.78, 5) is 6.90. The number of hydrogen-bond acceptors (Lipinski definition) is 4. The van der Waals surface area contributed by atoms with Crippen molar-refractivity contribution in [1.82, 2.24) is 29.9 Å². The van der Waals surface area contributed by atoms with E-state index < -0.39 is 0 Å². The van der Waals surface area contributed by atoms with Crippen LogP contribution in [0.5, 0.6) is 0 Å². The Bertz CT molecular complexity index is 530. The third-order valence-corrected chi connectivity index (χ3v) is 3.82. The highest BCUT2D eigenvalue weighted by Gasteiger charge is 2.28. The molecule has 6 heteroatoms. The molecule has 20 heavy (non-hydrogen) atoms.